The lowest BCUT2D eigenvalue weighted by molar-refractivity contribution is -0.137. The third-order valence-corrected chi connectivity index (χ3v) is 5.23. The molecular weight excluding hydrogens is 364 g/mol. The molecule has 0 aliphatic carbocycles. The molecule has 152 valence electrons. The van der Waals surface area contributed by atoms with Gasteiger partial charge in [-0.15, -0.1) is 0 Å². The van der Waals surface area contributed by atoms with Crippen LogP contribution in [0.4, 0.5) is 0 Å². The average Bonchev–Trinajstić information content (AvgIpc) is 2.78. The van der Waals surface area contributed by atoms with Crippen molar-refractivity contribution in [2.75, 3.05) is 33.3 Å². The lowest BCUT2D eigenvalue weighted by Gasteiger charge is -2.35. The van der Waals surface area contributed by atoms with Gasteiger partial charge in [-0.1, -0.05) is 42.5 Å². The van der Waals surface area contributed by atoms with Crippen molar-refractivity contribution in [2.24, 2.45) is 0 Å². The van der Waals surface area contributed by atoms with E-state index < -0.39 is 0 Å². The Bertz CT molecular complexity index is 851. The van der Waals surface area contributed by atoms with Gasteiger partial charge in [-0.2, -0.15) is 0 Å². The number of methoxy groups -OCH3 is 1. The molecule has 1 aliphatic rings. The Kier molecular flexibility index (Phi) is 7.06. The summed E-state index contributed by atoms with van der Waals surface area (Å²) in [5, 5.41) is 0. The zero-order valence-electron chi connectivity index (χ0n) is 17.1. The standard InChI is InChI=1S/C24H28N2O3/c1-19(18-21-6-4-3-5-7-21)24(28)26-16-14-25(15-17-26)23(27)13-10-20-8-11-22(29-2)12-9-20/h3-9,11-12,18H,10,13-17H2,1-2H3/b19-18+. The van der Waals surface area contributed by atoms with Gasteiger partial charge in [0.1, 0.15) is 5.75 Å². The van der Waals surface area contributed by atoms with Crippen molar-refractivity contribution in [3.63, 3.8) is 0 Å². The first kappa shape index (κ1) is 20.6. The normalized spacial score (nSPS) is 14.6. The fourth-order valence-corrected chi connectivity index (χ4v) is 3.47. The van der Waals surface area contributed by atoms with Gasteiger partial charge >= 0.3 is 0 Å². The maximum Gasteiger partial charge on any atom is 0.249 e. The number of piperazine rings is 1. The highest BCUT2D eigenvalue weighted by atomic mass is 16.5. The first-order valence-electron chi connectivity index (χ1n) is 10.00. The van der Waals surface area contributed by atoms with E-state index in [2.05, 4.69) is 0 Å². The first-order chi connectivity index (χ1) is 14.1. The summed E-state index contributed by atoms with van der Waals surface area (Å²) < 4.78 is 5.16. The average molecular weight is 392 g/mol. The Morgan fingerprint density at radius 1 is 0.931 bits per heavy atom. The molecule has 2 amide bonds. The first-order valence-corrected chi connectivity index (χ1v) is 10.00. The summed E-state index contributed by atoms with van der Waals surface area (Å²) in [5.41, 5.74) is 2.86. The van der Waals surface area contributed by atoms with E-state index in [0.717, 1.165) is 22.4 Å². The molecule has 1 fully saturated rings. The van der Waals surface area contributed by atoms with Crippen molar-refractivity contribution < 1.29 is 14.3 Å². The Morgan fingerprint density at radius 2 is 1.55 bits per heavy atom. The van der Waals surface area contributed by atoms with Crippen LogP contribution in [0.3, 0.4) is 0 Å². The number of amides is 2. The van der Waals surface area contributed by atoms with Crippen LogP contribution >= 0.6 is 0 Å². The maximum absolute atomic E-state index is 12.7. The van der Waals surface area contributed by atoms with E-state index in [1.54, 1.807) is 7.11 Å². The van der Waals surface area contributed by atoms with Gasteiger partial charge in [0.2, 0.25) is 11.8 Å². The molecule has 2 aromatic carbocycles. The molecule has 3 rings (SSSR count). The van der Waals surface area contributed by atoms with Gasteiger partial charge in [0.05, 0.1) is 7.11 Å². The predicted octanol–water partition coefficient (Wildman–Crippen LogP) is 3.40. The van der Waals surface area contributed by atoms with E-state index in [1.807, 2.05) is 77.4 Å². The van der Waals surface area contributed by atoms with Gasteiger partial charge in [-0.3, -0.25) is 9.59 Å². The molecular formula is C24H28N2O3. The molecule has 0 radical (unpaired) electrons. The van der Waals surface area contributed by atoms with E-state index in [0.29, 0.717) is 39.0 Å². The molecule has 0 unspecified atom stereocenters. The monoisotopic (exact) mass is 392 g/mol. The number of hydrogen-bond donors (Lipinski definition) is 0. The van der Waals surface area contributed by atoms with Crippen LogP contribution in [-0.2, 0) is 16.0 Å². The quantitative estimate of drug-likeness (QED) is 0.708. The molecule has 1 aliphatic heterocycles. The smallest absolute Gasteiger partial charge is 0.249 e. The van der Waals surface area contributed by atoms with Crippen LogP contribution in [0.5, 0.6) is 5.75 Å². The summed E-state index contributed by atoms with van der Waals surface area (Å²) in [5.74, 6) is 1.00. The Labute approximate surface area is 172 Å². The molecule has 0 spiro atoms. The Morgan fingerprint density at radius 3 is 2.17 bits per heavy atom. The summed E-state index contributed by atoms with van der Waals surface area (Å²) in [7, 11) is 1.64. The summed E-state index contributed by atoms with van der Waals surface area (Å²) in [6.45, 7) is 4.18. The van der Waals surface area contributed by atoms with Crippen molar-refractivity contribution in [2.45, 2.75) is 19.8 Å². The largest absolute Gasteiger partial charge is 0.497 e. The van der Waals surface area contributed by atoms with Crippen molar-refractivity contribution >= 4 is 17.9 Å². The van der Waals surface area contributed by atoms with E-state index in [-0.39, 0.29) is 11.8 Å². The summed E-state index contributed by atoms with van der Waals surface area (Å²) >= 11 is 0. The highest BCUT2D eigenvalue weighted by Gasteiger charge is 2.24. The molecule has 29 heavy (non-hydrogen) atoms. The van der Waals surface area contributed by atoms with Crippen molar-refractivity contribution in [3.8, 4) is 5.75 Å². The van der Waals surface area contributed by atoms with Crippen molar-refractivity contribution in [1.29, 1.82) is 0 Å². The summed E-state index contributed by atoms with van der Waals surface area (Å²) in [4.78, 5) is 28.9. The van der Waals surface area contributed by atoms with E-state index in [4.69, 9.17) is 4.74 Å². The predicted molar refractivity (Wildman–Crippen MR) is 115 cm³/mol. The molecule has 1 saturated heterocycles. The van der Waals surface area contributed by atoms with E-state index >= 15 is 0 Å². The van der Waals surface area contributed by atoms with E-state index in [9.17, 15) is 9.59 Å². The fraction of sp³-hybridized carbons (Fsp3) is 0.333. The van der Waals surface area contributed by atoms with Crippen LogP contribution in [0.25, 0.3) is 6.08 Å². The number of rotatable bonds is 6. The second-order valence-corrected chi connectivity index (χ2v) is 7.26. The van der Waals surface area contributed by atoms with Gasteiger partial charge in [0.25, 0.3) is 0 Å². The minimum atomic E-state index is 0.0409. The molecule has 5 nitrogen and oxygen atoms in total. The molecule has 0 aromatic heterocycles. The number of aryl methyl sites for hydroxylation is 1. The van der Waals surface area contributed by atoms with Crippen LogP contribution in [0.15, 0.2) is 60.2 Å². The summed E-state index contributed by atoms with van der Waals surface area (Å²) in [6.07, 6.45) is 3.10. The molecule has 0 N–H and O–H groups in total. The molecule has 0 bridgehead atoms. The zero-order valence-corrected chi connectivity index (χ0v) is 17.1. The molecule has 2 aromatic rings. The van der Waals surface area contributed by atoms with Crippen molar-refractivity contribution in [3.05, 3.63) is 71.3 Å². The number of hydrogen-bond acceptors (Lipinski definition) is 3. The third kappa shape index (κ3) is 5.70. The van der Waals surface area contributed by atoms with Gasteiger partial charge in [0, 0.05) is 38.2 Å². The van der Waals surface area contributed by atoms with Crippen LogP contribution in [0, 0.1) is 0 Å². The highest BCUT2D eigenvalue weighted by molar-refractivity contribution is 5.97. The Balaban J connectivity index is 1.47. The number of carbonyl (C=O) groups is 2. The third-order valence-electron chi connectivity index (χ3n) is 5.23. The zero-order chi connectivity index (χ0) is 20.6. The lowest BCUT2D eigenvalue weighted by atomic mass is 10.1. The van der Waals surface area contributed by atoms with Crippen molar-refractivity contribution in [1.82, 2.24) is 9.80 Å². The minimum absolute atomic E-state index is 0.0409. The maximum atomic E-state index is 12.7. The second-order valence-electron chi connectivity index (χ2n) is 7.26. The molecule has 0 saturated carbocycles. The van der Waals surface area contributed by atoms with Crippen LogP contribution in [-0.4, -0.2) is 54.9 Å². The molecule has 0 atom stereocenters. The minimum Gasteiger partial charge on any atom is -0.497 e. The number of carbonyl (C=O) groups excluding carboxylic acids is 2. The fourth-order valence-electron chi connectivity index (χ4n) is 3.47. The Hall–Kier alpha value is -3.08. The van der Waals surface area contributed by atoms with Crippen LogP contribution in [0.1, 0.15) is 24.5 Å². The van der Waals surface area contributed by atoms with Gasteiger partial charge in [-0.25, -0.2) is 0 Å². The molecule has 5 heteroatoms. The number of ether oxygens (including phenoxy) is 1. The van der Waals surface area contributed by atoms with Gasteiger partial charge in [-0.05, 0) is 42.7 Å². The number of benzene rings is 2. The SMILES string of the molecule is COc1ccc(CCC(=O)N2CCN(C(=O)/C(C)=C/c3ccccc3)CC2)cc1. The van der Waals surface area contributed by atoms with Gasteiger partial charge < -0.3 is 14.5 Å². The number of nitrogens with zero attached hydrogens (tertiary/aromatic N) is 2. The summed E-state index contributed by atoms with van der Waals surface area (Å²) in [6, 6.07) is 17.6. The van der Waals surface area contributed by atoms with E-state index in [1.165, 1.54) is 0 Å². The molecule has 1 heterocycles. The highest BCUT2D eigenvalue weighted by Crippen LogP contribution is 2.15. The topological polar surface area (TPSA) is 49.9 Å². The van der Waals surface area contributed by atoms with Gasteiger partial charge in [0.15, 0.2) is 0 Å². The second kappa shape index (κ2) is 9.92. The van der Waals surface area contributed by atoms with Crippen LogP contribution in [0.2, 0.25) is 0 Å². The van der Waals surface area contributed by atoms with Crippen LogP contribution < -0.4 is 4.74 Å². The lowest BCUT2D eigenvalue weighted by Crippen LogP contribution is -2.50.